The van der Waals surface area contributed by atoms with E-state index in [0.29, 0.717) is 17.7 Å². The van der Waals surface area contributed by atoms with Crippen LogP contribution in [0.25, 0.3) is 0 Å². The second-order valence-electron chi connectivity index (χ2n) is 6.53. The van der Waals surface area contributed by atoms with Crippen molar-refractivity contribution in [2.24, 2.45) is 5.73 Å². The van der Waals surface area contributed by atoms with E-state index in [0.717, 1.165) is 17.7 Å². The van der Waals surface area contributed by atoms with E-state index in [4.69, 9.17) is 5.73 Å². The Morgan fingerprint density at radius 2 is 1.77 bits per heavy atom. The van der Waals surface area contributed by atoms with E-state index in [2.05, 4.69) is 60.4 Å². The van der Waals surface area contributed by atoms with Gasteiger partial charge in [-0.05, 0) is 40.8 Å². The number of fused-ring (bicyclic) bond motifs is 1. The average Bonchev–Trinajstić information content (AvgIpc) is 2.68. The van der Waals surface area contributed by atoms with Crippen LogP contribution in [-0.2, 0) is 12.8 Å². The van der Waals surface area contributed by atoms with Gasteiger partial charge in [0.2, 0.25) is 0 Å². The van der Waals surface area contributed by atoms with Crippen LogP contribution in [0.15, 0.2) is 53.7 Å². The summed E-state index contributed by atoms with van der Waals surface area (Å²) < 4.78 is 0. The normalized spacial score (nSPS) is 15.5. The van der Waals surface area contributed by atoms with E-state index >= 15 is 0 Å². The van der Waals surface area contributed by atoms with Crippen LogP contribution in [0, 0.1) is 11.3 Å². The Balaban J connectivity index is 0.00000117. The lowest BCUT2D eigenvalue weighted by Crippen LogP contribution is -2.20. The number of nitrogens with two attached hydrogens (primary N) is 1. The summed E-state index contributed by atoms with van der Waals surface area (Å²) >= 11 is 0. The molecule has 1 unspecified atom stereocenters. The molecule has 0 heterocycles. The van der Waals surface area contributed by atoms with Crippen LogP contribution < -0.4 is 10.6 Å². The van der Waals surface area contributed by atoms with Crippen molar-refractivity contribution in [3.05, 3.63) is 76.0 Å². The molecule has 2 N–H and O–H groups in total. The predicted octanol–water partition coefficient (Wildman–Crippen LogP) is 4.77. The molecule has 0 aliphatic heterocycles. The van der Waals surface area contributed by atoms with E-state index in [1.165, 1.54) is 16.7 Å². The molecule has 3 heteroatoms. The lowest BCUT2D eigenvalue weighted by atomic mass is 9.76. The Morgan fingerprint density at radius 1 is 1.12 bits per heavy atom. The Hall–Kier alpha value is -2.73. The molecule has 0 fully saturated rings. The molecule has 0 saturated carbocycles. The lowest BCUT2D eigenvalue weighted by molar-refractivity contribution is 0.865. The molecule has 3 rings (SSSR count). The standard InChI is InChI=1S/C21H23N3.C2H6/c1-4-14-5-7-15(8-6-14)21-18-10-9-17(24(2)3)11-16(18)12-20(23)19(21)13-22;1-2/h5-11,21H,4,12,23H2,1-3H3;1-2H3. The van der Waals surface area contributed by atoms with Crippen LogP contribution in [0.3, 0.4) is 0 Å². The Kier molecular flexibility index (Phi) is 6.46. The maximum Gasteiger partial charge on any atom is 0.0975 e. The zero-order valence-electron chi connectivity index (χ0n) is 16.5. The van der Waals surface area contributed by atoms with Crippen molar-refractivity contribution in [2.75, 3.05) is 19.0 Å². The number of nitrogens with zero attached hydrogens (tertiary/aromatic N) is 2. The summed E-state index contributed by atoms with van der Waals surface area (Å²) in [6.07, 6.45) is 1.65. The number of aryl methyl sites for hydroxylation is 1. The number of anilines is 1. The minimum Gasteiger partial charge on any atom is -0.401 e. The maximum absolute atomic E-state index is 9.67. The summed E-state index contributed by atoms with van der Waals surface area (Å²) in [7, 11) is 4.07. The molecule has 0 saturated heterocycles. The van der Waals surface area contributed by atoms with Gasteiger partial charge in [0.15, 0.2) is 0 Å². The smallest absolute Gasteiger partial charge is 0.0975 e. The second kappa shape index (κ2) is 8.58. The van der Waals surface area contributed by atoms with Crippen LogP contribution in [-0.4, -0.2) is 14.1 Å². The highest BCUT2D eigenvalue weighted by molar-refractivity contribution is 5.60. The highest BCUT2D eigenvalue weighted by Crippen LogP contribution is 2.40. The van der Waals surface area contributed by atoms with E-state index in [1.807, 2.05) is 27.9 Å². The van der Waals surface area contributed by atoms with Crippen molar-refractivity contribution in [2.45, 2.75) is 39.5 Å². The van der Waals surface area contributed by atoms with Crippen LogP contribution in [0.1, 0.15) is 48.9 Å². The highest BCUT2D eigenvalue weighted by atomic mass is 15.1. The third-order valence-corrected chi connectivity index (χ3v) is 4.81. The second-order valence-corrected chi connectivity index (χ2v) is 6.53. The van der Waals surface area contributed by atoms with E-state index in [9.17, 15) is 5.26 Å². The van der Waals surface area contributed by atoms with Crippen molar-refractivity contribution >= 4 is 5.69 Å². The van der Waals surface area contributed by atoms with Crippen molar-refractivity contribution in [1.29, 1.82) is 5.26 Å². The zero-order chi connectivity index (χ0) is 19.3. The number of hydrogen-bond donors (Lipinski definition) is 1. The maximum atomic E-state index is 9.67. The van der Waals surface area contributed by atoms with Crippen molar-refractivity contribution in [3.63, 3.8) is 0 Å². The molecule has 26 heavy (non-hydrogen) atoms. The number of hydrogen-bond acceptors (Lipinski definition) is 3. The van der Waals surface area contributed by atoms with Crippen LogP contribution in [0.5, 0.6) is 0 Å². The quantitative estimate of drug-likeness (QED) is 0.870. The summed E-state index contributed by atoms with van der Waals surface area (Å²) in [4.78, 5) is 2.09. The van der Waals surface area contributed by atoms with E-state index < -0.39 is 0 Å². The van der Waals surface area contributed by atoms with Gasteiger partial charge in [-0.15, -0.1) is 0 Å². The molecule has 0 radical (unpaired) electrons. The molecule has 2 aromatic carbocycles. The molecule has 0 aromatic heterocycles. The van der Waals surface area contributed by atoms with Gasteiger partial charge in [0.1, 0.15) is 0 Å². The van der Waals surface area contributed by atoms with Crippen LogP contribution >= 0.6 is 0 Å². The van der Waals surface area contributed by atoms with Gasteiger partial charge in [0.25, 0.3) is 0 Å². The summed E-state index contributed by atoms with van der Waals surface area (Å²) in [6.45, 7) is 6.15. The van der Waals surface area contributed by atoms with Crippen molar-refractivity contribution < 1.29 is 0 Å². The largest absolute Gasteiger partial charge is 0.401 e. The third-order valence-electron chi connectivity index (χ3n) is 4.81. The number of rotatable bonds is 3. The molecular weight excluding hydrogens is 318 g/mol. The first kappa shape index (κ1) is 19.6. The van der Waals surface area contributed by atoms with Gasteiger partial charge in [0.05, 0.1) is 11.6 Å². The SMILES string of the molecule is CC.CCc1ccc(C2C(C#N)=C(N)Cc3cc(N(C)C)ccc32)cc1. The van der Waals surface area contributed by atoms with E-state index in [1.54, 1.807) is 0 Å². The predicted molar refractivity (Wildman–Crippen MR) is 110 cm³/mol. The molecule has 2 aromatic rings. The van der Waals surface area contributed by atoms with Crippen LogP contribution in [0.4, 0.5) is 5.69 Å². The highest BCUT2D eigenvalue weighted by Gasteiger charge is 2.28. The van der Waals surface area contributed by atoms with Gasteiger partial charge in [-0.2, -0.15) is 5.26 Å². The fourth-order valence-electron chi connectivity index (χ4n) is 3.37. The molecular formula is C23H29N3. The monoisotopic (exact) mass is 347 g/mol. The van der Waals surface area contributed by atoms with E-state index in [-0.39, 0.29) is 5.92 Å². The molecule has 1 aliphatic rings. The van der Waals surface area contributed by atoms with Gasteiger partial charge in [0, 0.05) is 37.8 Å². The fraction of sp³-hybridized carbons (Fsp3) is 0.348. The Bertz CT molecular complexity index is 824. The molecule has 3 nitrogen and oxygen atoms in total. The lowest BCUT2D eigenvalue weighted by Gasteiger charge is -2.28. The molecule has 1 atom stereocenters. The van der Waals surface area contributed by atoms with Crippen molar-refractivity contribution in [3.8, 4) is 6.07 Å². The zero-order valence-corrected chi connectivity index (χ0v) is 16.5. The Morgan fingerprint density at radius 3 is 2.31 bits per heavy atom. The first-order chi connectivity index (χ1) is 12.5. The number of benzene rings is 2. The topological polar surface area (TPSA) is 53.1 Å². The molecule has 0 spiro atoms. The summed E-state index contributed by atoms with van der Waals surface area (Å²) in [5.74, 6) is -0.0686. The van der Waals surface area contributed by atoms with Crippen LogP contribution in [0.2, 0.25) is 0 Å². The van der Waals surface area contributed by atoms with Crippen molar-refractivity contribution in [1.82, 2.24) is 0 Å². The summed E-state index contributed by atoms with van der Waals surface area (Å²) in [5.41, 5.74) is 13.6. The number of nitriles is 1. The van der Waals surface area contributed by atoms with Gasteiger partial charge in [-0.1, -0.05) is 51.1 Å². The molecule has 0 amide bonds. The fourth-order valence-corrected chi connectivity index (χ4v) is 3.37. The average molecular weight is 348 g/mol. The van der Waals surface area contributed by atoms with Gasteiger partial charge in [-0.25, -0.2) is 0 Å². The minimum absolute atomic E-state index is 0.0686. The summed E-state index contributed by atoms with van der Waals surface area (Å²) in [5, 5.41) is 9.67. The van der Waals surface area contributed by atoms with Gasteiger partial charge >= 0.3 is 0 Å². The first-order valence-electron chi connectivity index (χ1n) is 9.32. The molecule has 0 bridgehead atoms. The molecule has 1 aliphatic carbocycles. The Labute approximate surface area is 157 Å². The number of allylic oxidation sites excluding steroid dienone is 2. The summed E-state index contributed by atoms with van der Waals surface area (Å²) in [6, 6.07) is 17.3. The molecule has 136 valence electrons. The van der Waals surface area contributed by atoms with Gasteiger partial charge in [-0.3, -0.25) is 0 Å². The minimum atomic E-state index is -0.0686. The third kappa shape index (κ3) is 3.75. The van der Waals surface area contributed by atoms with Gasteiger partial charge < -0.3 is 10.6 Å². The first-order valence-corrected chi connectivity index (χ1v) is 9.32.